The van der Waals surface area contributed by atoms with Crippen LogP contribution in [-0.4, -0.2) is 24.5 Å². The second kappa shape index (κ2) is 6.59. The Morgan fingerprint density at radius 3 is 2.40 bits per heavy atom. The van der Waals surface area contributed by atoms with E-state index in [1.165, 1.54) is 11.1 Å². The second-order valence-corrected chi connectivity index (χ2v) is 4.00. The van der Waals surface area contributed by atoms with Crippen molar-refractivity contribution in [2.45, 2.75) is 26.8 Å². The van der Waals surface area contributed by atoms with Gasteiger partial charge < -0.3 is 5.73 Å². The van der Waals surface area contributed by atoms with E-state index in [4.69, 9.17) is 5.73 Å². The van der Waals surface area contributed by atoms with Crippen LogP contribution >= 0.6 is 0 Å². The van der Waals surface area contributed by atoms with Crippen LogP contribution in [0.15, 0.2) is 24.3 Å². The number of nitrogens with two attached hydrogens (primary N) is 1. The van der Waals surface area contributed by atoms with Crippen LogP contribution in [-0.2, 0) is 6.54 Å². The zero-order valence-electron chi connectivity index (χ0n) is 9.87. The van der Waals surface area contributed by atoms with Crippen molar-refractivity contribution in [3.05, 3.63) is 35.4 Å². The fraction of sp³-hybridized carbons (Fsp3) is 0.538. The lowest BCUT2D eigenvalue weighted by Crippen LogP contribution is -2.25. The van der Waals surface area contributed by atoms with Crippen molar-refractivity contribution in [3.63, 3.8) is 0 Å². The molecule has 2 N–H and O–H groups in total. The standard InChI is InChI=1S/C13H22N2/c1-3-15(10-4-9-14)11-13-7-5-12(2)6-8-13/h5-8H,3-4,9-11,14H2,1-2H3. The fourth-order valence-corrected chi connectivity index (χ4v) is 1.62. The first-order valence-corrected chi connectivity index (χ1v) is 5.74. The third-order valence-electron chi connectivity index (χ3n) is 2.65. The van der Waals surface area contributed by atoms with Crippen LogP contribution in [0.1, 0.15) is 24.5 Å². The number of nitrogens with zero attached hydrogens (tertiary/aromatic N) is 1. The van der Waals surface area contributed by atoms with E-state index in [1.54, 1.807) is 0 Å². The van der Waals surface area contributed by atoms with E-state index < -0.39 is 0 Å². The minimum Gasteiger partial charge on any atom is -0.330 e. The van der Waals surface area contributed by atoms with Crippen LogP contribution in [0.3, 0.4) is 0 Å². The van der Waals surface area contributed by atoms with Crippen molar-refractivity contribution in [1.29, 1.82) is 0 Å². The quantitative estimate of drug-likeness (QED) is 0.773. The first-order chi connectivity index (χ1) is 7.26. The summed E-state index contributed by atoms with van der Waals surface area (Å²) in [7, 11) is 0. The van der Waals surface area contributed by atoms with Gasteiger partial charge in [0.25, 0.3) is 0 Å². The Hall–Kier alpha value is -0.860. The molecule has 0 saturated heterocycles. The van der Waals surface area contributed by atoms with Crippen LogP contribution in [0.25, 0.3) is 0 Å². The van der Waals surface area contributed by atoms with Crippen molar-refractivity contribution >= 4 is 0 Å². The molecule has 0 amide bonds. The smallest absolute Gasteiger partial charge is 0.0233 e. The Morgan fingerprint density at radius 2 is 1.87 bits per heavy atom. The molecule has 0 saturated carbocycles. The van der Waals surface area contributed by atoms with E-state index in [9.17, 15) is 0 Å². The molecule has 0 bridgehead atoms. The molecule has 0 aliphatic carbocycles. The molecule has 0 aliphatic heterocycles. The third-order valence-corrected chi connectivity index (χ3v) is 2.65. The summed E-state index contributed by atoms with van der Waals surface area (Å²) >= 11 is 0. The topological polar surface area (TPSA) is 29.3 Å². The SMILES string of the molecule is CCN(CCCN)Cc1ccc(C)cc1. The summed E-state index contributed by atoms with van der Waals surface area (Å²) in [4.78, 5) is 2.43. The number of hydrogen-bond donors (Lipinski definition) is 1. The van der Waals surface area contributed by atoms with Crippen molar-refractivity contribution in [2.75, 3.05) is 19.6 Å². The molecule has 84 valence electrons. The van der Waals surface area contributed by atoms with Gasteiger partial charge in [-0.05, 0) is 38.5 Å². The lowest BCUT2D eigenvalue weighted by molar-refractivity contribution is 0.278. The summed E-state index contributed by atoms with van der Waals surface area (Å²) in [5, 5.41) is 0. The maximum atomic E-state index is 5.52. The molecule has 2 nitrogen and oxygen atoms in total. The fourth-order valence-electron chi connectivity index (χ4n) is 1.62. The van der Waals surface area contributed by atoms with Crippen LogP contribution < -0.4 is 5.73 Å². The number of rotatable bonds is 6. The average Bonchev–Trinajstić information content (AvgIpc) is 2.27. The summed E-state index contributed by atoms with van der Waals surface area (Å²) in [6, 6.07) is 8.76. The predicted octanol–water partition coefficient (Wildman–Crippen LogP) is 2.17. The molecular formula is C13H22N2. The van der Waals surface area contributed by atoms with Crippen LogP contribution in [0.4, 0.5) is 0 Å². The van der Waals surface area contributed by atoms with E-state index >= 15 is 0 Å². The molecule has 0 aromatic heterocycles. The molecule has 0 aliphatic rings. The Labute approximate surface area is 93.1 Å². The summed E-state index contributed by atoms with van der Waals surface area (Å²) in [5.74, 6) is 0. The normalized spacial score (nSPS) is 10.9. The van der Waals surface area contributed by atoms with E-state index in [0.717, 1.165) is 32.6 Å². The molecular weight excluding hydrogens is 184 g/mol. The van der Waals surface area contributed by atoms with Crippen molar-refractivity contribution in [3.8, 4) is 0 Å². The van der Waals surface area contributed by atoms with E-state index in [0.29, 0.717) is 0 Å². The first-order valence-electron chi connectivity index (χ1n) is 5.74. The zero-order chi connectivity index (χ0) is 11.1. The highest BCUT2D eigenvalue weighted by Gasteiger charge is 2.02. The minimum atomic E-state index is 0.782. The summed E-state index contributed by atoms with van der Waals surface area (Å²) in [6.45, 7) is 8.33. The molecule has 0 unspecified atom stereocenters. The molecule has 1 aromatic rings. The lowest BCUT2D eigenvalue weighted by Gasteiger charge is -2.20. The van der Waals surface area contributed by atoms with Gasteiger partial charge in [0.05, 0.1) is 0 Å². The zero-order valence-corrected chi connectivity index (χ0v) is 9.87. The van der Waals surface area contributed by atoms with Crippen molar-refractivity contribution in [2.24, 2.45) is 5.73 Å². The van der Waals surface area contributed by atoms with Gasteiger partial charge in [-0.1, -0.05) is 36.8 Å². The number of hydrogen-bond acceptors (Lipinski definition) is 2. The van der Waals surface area contributed by atoms with Crippen molar-refractivity contribution < 1.29 is 0 Å². The third kappa shape index (κ3) is 4.45. The van der Waals surface area contributed by atoms with Gasteiger partial charge in [-0.3, -0.25) is 4.90 Å². The molecule has 2 heteroatoms. The summed E-state index contributed by atoms with van der Waals surface area (Å²) in [6.07, 6.45) is 1.08. The Balaban J connectivity index is 2.47. The van der Waals surface area contributed by atoms with E-state index in [2.05, 4.69) is 43.0 Å². The van der Waals surface area contributed by atoms with Gasteiger partial charge in [0, 0.05) is 6.54 Å². The van der Waals surface area contributed by atoms with Crippen LogP contribution in [0.5, 0.6) is 0 Å². The van der Waals surface area contributed by atoms with Crippen LogP contribution in [0.2, 0.25) is 0 Å². The highest BCUT2D eigenvalue weighted by Crippen LogP contribution is 2.06. The van der Waals surface area contributed by atoms with Gasteiger partial charge in [0.1, 0.15) is 0 Å². The van der Waals surface area contributed by atoms with Gasteiger partial charge in [-0.25, -0.2) is 0 Å². The molecule has 1 rings (SSSR count). The van der Waals surface area contributed by atoms with E-state index in [-0.39, 0.29) is 0 Å². The molecule has 0 radical (unpaired) electrons. The van der Waals surface area contributed by atoms with Crippen LogP contribution in [0, 0.1) is 6.92 Å². The first kappa shape index (κ1) is 12.2. The summed E-state index contributed by atoms with van der Waals surface area (Å²) in [5.41, 5.74) is 8.23. The molecule has 1 aromatic carbocycles. The molecule has 0 fully saturated rings. The predicted molar refractivity (Wildman–Crippen MR) is 65.8 cm³/mol. The second-order valence-electron chi connectivity index (χ2n) is 4.00. The highest BCUT2D eigenvalue weighted by atomic mass is 15.1. The van der Waals surface area contributed by atoms with E-state index in [1.807, 2.05) is 0 Å². The monoisotopic (exact) mass is 206 g/mol. The maximum absolute atomic E-state index is 5.52. The van der Waals surface area contributed by atoms with Gasteiger partial charge in [-0.2, -0.15) is 0 Å². The van der Waals surface area contributed by atoms with Gasteiger partial charge in [-0.15, -0.1) is 0 Å². The van der Waals surface area contributed by atoms with Gasteiger partial charge >= 0.3 is 0 Å². The lowest BCUT2D eigenvalue weighted by atomic mass is 10.1. The van der Waals surface area contributed by atoms with Crippen molar-refractivity contribution in [1.82, 2.24) is 4.90 Å². The summed E-state index contributed by atoms with van der Waals surface area (Å²) < 4.78 is 0. The molecule has 0 atom stereocenters. The molecule has 0 spiro atoms. The van der Waals surface area contributed by atoms with Gasteiger partial charge in [0.15, 0.2) is 0 Å². The van der Waals surface area contributed by atoms with Gasteiger partial charge in [0.2, 0.25) is 0 Å². The Bertz CT molecular complexity index is 266. The Kier molecular flexibility index (Phi) is 5.37. The Morgan fingerprint density at radius 1 is 1.20 bits per heavy atom. The minimum absolute atomic E-state index is 0.782. The highest BCUT2D eigenvalue weighted by molar-refractivity contribution is 5.21. The molecule has 15 heavy (non-hydrogen) atoms. The molecule has 0 heterocycles. The largest absolute Gasteiger partial charge is 0.330 e. The average molecular weight is 206 g/mol. The maximum Gasteiger partial charge on any atom is 0.0233 e. The number of benzene rings is 1. The number of aryl methyl sites for hydroxylation is 1.